The molecule has 1 fully saturated rings. The molecular weight excluding hydrogens is 254 g/mol. The highest BCUT2D eigenvalue weighted by atomic mass is 79.9. The van der Waals surface area contributed by atoms with Crippen molar-refractivity contribution >= 4 is 15.9 Å². The molecule has 1 aliphatic heterocycles. The van der Waals surface area contributed by atoms with Crippen LogP contribution in [0, 0.1) is 0 Å². The fraction of sp³-hybridized carbons (Fsp3) is 0.500. The van der Waals surface area contributed by atoms with Gasteiger partial charge >= 0.3 is 0 Å². The summed E-state index contributed by atoms with van der Waals surface area (Å²) in [7, 11) is 0. The van der Waals surface area contributed by atoms with Crippen LogP contribution in [0.5, 0.6) is 0 Å². The predicted molar refractivity (Wildman–Crippen MR) is 64.7 cm³/mol. The fourth-order valence-corrected chi connectivity index (χ4v) is 2.42. The molecule has 0 atom stereocenters. The summed E-state index contributed by atoms with van der Waals surface area (Å²) >= 11 is 3.48. The Kier molecular flexibility index (Phi) is 3.78. The molecule has 0 unspecified atom stereocenters. The van der Waals surface area contributed by atoms with E-state index in [4.69, 9.17) is 0 Å². The Morgan fingerprint density at radius 1 is 1.33 bits per heavy atom. The second-order valence-electron chi connectivity index (χ2n) is 4.14. The van der Waals surface area contributed by atoms with Crippen LogP contribution in [0.1, 0.15) is 18.4 Å². The topological polar surface area (TPSA) is 23.5 Å². The maximum absolute atomic E-state index is 9.40. The van der Waals surface area contributed by atoms with Crippen molar-refractivity contribution in [2.75, 3.05) is 13.1 Å². The number of piperidine rings is 1. The van der Waals surface area contributed by atoms with Gasteiger partial charge in [-0.25, -0.2) is 0 Å². The Bertz CT molecular complexity index is 321. The molecule has 0 aromatic heterocycles. The van der Waals surface area contributed by atoms with Crippen molar-refractivity contribution in [1.29, 1.82) is 0 Å². The van der Waals surface area contributed by atoms with E-state index in [0.29, 0.717) is 0 Å². The number of hydrogen-bond acceptors (Lipinski definition) is 2. The number of likely N-dealkylation sites (tertiary alicyclic amines) is 1. The van der Waals surface area contributed by atoms with Crippen LogP contribution < -0.4 is 0 Å². The second kappa shape index (κ2) is 5.10. The number of nitrogens with zero attached hydrogens (tertiary/aromatic N) is 1. The largest absolute Gasteiger partial charge is 0.393 e. The summed E-state index contributed by atoms with van der Waals surface area (Å²) in [5.74, 6) is 0. The standard InChI is InChI=1S/C12H16BrNO/c13-11-3-1-2-10(8-11)9-14-6-4-12(15)5-7-14/h1-3,8,12,15H,4-7,9H2. The predicted octanol–water partition coefficient (Wildman–Crippen LogP) is 2.41. The smallest absolute Gasteiger partial charge is 0.0564 e. The van der Waals surface area contributed by atoms with Crippen molar-refractivity contribution in [1.82, 2.24) is 4.90 Å². The molecule has 0 bridgehead atoms. The molecule has 2 rings (SSSR count). The highest BCUT2D eigenvalue weighted by Gasteiger charge is 2.16. The van der Waals surface area contributed by atoms with E-state index in [9.17, 15) is 5.11 Å². The lowest BCUT2D eigenvalue weighted by Crippen LogP contribution is -2.35. The van der Waals surface area contributed by atoms with Crippen LogP contribution in [0.2, 0.25) is 0 Å². The van der Waals surface area contributed by atoms with Crippen molar-refractivity contribution in [2.45, 2.75) is 25.5 Å². The Balaban J connectivity index is 1.92. The van der Waals surface area contributed by atoms with Crippen LogP contribution in [0.4, 0.5) is 0 Å². The third-order valence-electron chi connectivity index (χ3n) is 2.85. The molecule has 82 valence electrons. The summed E-state index contributed by atoms with van der Waals surface area (Å²) in [6, 6.07) is 8.42. The van der Waals surface area contributed by atoms with E-state index in [1.54, 1.807) is 0 Å². The highest BCUT2D eigenvalue weighted by Crippen LogP contribution is 2.16. The van der Waals surface area contributed by atoms with Gasteiger partial charge in [-0.2, -0.15) is 0 Å². The van der Waals surface area contributed by atoms with Gasteiger partial charge in [0.05, 0.1) is 6.10 Å². The van der Waals surface area contributed by atoms with Crippen molar-refractivity contribution in [2.24, 2.45) is 0 Å². The number of rotatable bonds is 2. The van der Waals surface area contributed by atoms with Gasteiger partial charge in [-0.15, -0.1) is 0 Å². The van der Waals surface area contributed by atoms with Crippen LogP contribution in [0.3, 0.4) is 0 Å². The Morgan fingerprint density at radius 3 is 2.73 bits per heavy atom. The van der Waals surface area contributed by atoms with E-state index in [1.807, 2.05) is 6.07 Å². The normalized spacial score (nSPS) is 19.3. The molecule has 1 aromatic carbocycles. The first-order chi connectivity index (χ1) is 7.24. The van der Waals surface area contributed by atoms with Gasteiger partial charge in [0, 0.05) is 24.1 Å². The summed E-state index contributed by atoms with van der Waals surface area (Å²) < 4.78 is 1.14. The number of benzene rings is 1. The Hall–Kier alpha value is -0.380. The van der Waals surface area contributed by atoms with Gasteiger partial charge in [0.25, 0.3) is 0 Å². The Morgan fingerprint density at radius 2 is 2.07 bits per heavy atom. The maximum Gasteiger partial charge on any atom is 0.0564 e. The first-order valence-corrected chi connectivity index (χ1v) is 6.18. The Labute approximate surface area is 99.0 Å². The third kappa shape index (κ3) is 3.30. The molecule has 0 aliphatic carbocycles. The molecule has 0 amide bonds. The molecule has 1 aliphatic rings. The highest BCUT2D eigenvalue weighted by molar-refractivity contribution is 9.10. The minimum Gasteiger partial charge on any atom is -0.393 e. The lowest BCUT2D eigenvalue weighted by atomic mass is 10.1. The molecule has 2 nitrogen and oxygen atoms in total. The van der Waals surface area contributed by atoms with Crippen LogP contribution in [-0.4, -0.2) is 29.2 Å². The molecular formula is C12H16BrNO. The van der Waals surface area contributed by atoms with E-state index in [-0.39, 0.29) is 6.10 Å². The first kappa shape index (κ1) is 11.1. The van der Waals surface area contributed by atoms with Gasteiger partial charge in [-0.05, 0) is 30.5 Å². The van der Waals surface area contributed by atoms with Gasteiger partial charge in [0.15, 0.2) is 0 Å². The van der Waals surface area contributed by atoms with E-state index in [0.717, 1.165) is 36.9 Å². The van der Waals surface area contributed by atoms with E-state index in [2.05, 4.69) is 39.0 Å². The van der Waals surface area contributed by atoms with E-state index < -0.39 is 0 Å². The summed E-state index contributed by atoms with van der Waals surface area (Å²) in [4.78, 5) is 2.40. The molecule has 0 saturated carbocycles. The zero-order valence-electron chi connectivity index (χ0n) is 8.69. The third-order valence-corrected chi connectivity index (χ3v) is 3.35. The number of hydrogen-bond donors (Lipinski definition) is 1. The molecule has 1 saturated heterocycles. The zero-order valence-corrected chi connectivity index (χ0v) is 10.3. The molecule has 1 aromatic rings. The summed E-state index contributed by atoms with van der Waals surface area (Å²) in [6.45, 7) is 3.01. The minimum atomic E-state index is -0.0799. The van der Waals surface area contributed by atoms with Crippen LogP contribution >= 0.6 is 15.9 Å². The number of aliphatic hydroxyl groups is 1. The fourth-order valence-electron chi connectivity index (χ4n) is 1.97. The monoisotopic (exact) mass is 269 g/mol. The van der Waals surface area contributed by atoms with Gasteiger partial charge in [-0.3, -0.25) is 4.90 Å². The van der Waals surface area contributed by atoms with Gasteiger partial charge < -0.3 is 5.11 Å². The second-order valence-corrected chi connectivity index (χ2v) is 5.05. The zero-order chi connectivity index (χ0) is 10.7. The van der Waals surface area contributed by atoms with Gasteiger partial charge in [0.2, 0.25) is 0 Å². The van der Waals surface area contributed by atoms with E-state index in [1.165, 1.54) is 5.56 Å². The van der Waals surface area contributed by atoms with Gasteiger partial charge in [0.1, 0.15) is 0 Å². The lowest BCUT2D eigenvalue weighted by molar-refractivity contribution is 0.0792. The van der Waals surface area contributed by atoms with E-state index >= 15 is 0 Å². The summed E-state index contributed by atoms with van der Waals surface area (Å²) in [5.41, 5.74) is 1.33. The molecule has 15 heavy (non-hydrogen) atoms. The van der Waals surface area contributed by atoms with Crippen molar-refractivity contribution in [3.63, 3.8) is 0 Å². The average molecular weight is 270 g/mol. The van der Waals surface area contributed by atoms with Gasteiger partial charge in [-0.1, -0.05) is 28.1 Å². The van der Waals surface area contributed by atoms with Crippen molar-refractivity contribution in [3.8, 4) is 0 Å². The lowest BCUT2D eigenvalue weighted by Gasteiger charge is -2.29. The maximum atomic E-state index is 9.40. The minimum absolute atomic E-state index is 0.0799. The SMILES string of the molecule is OC1CCN(Cc2cccc(Br)c2)CC1. The molecule has 0 spiro atoms. The first-order valence-electron chi connectivity index (χ1n) is 5.39. The number of aliphatic hydroxyl groups excluding tert-OH is 1. The molecule has 3 heteroatoms. The van der Waals surface area contributed by atoms with Crippen LogP contribution in [0.25, 0.3) is 0 Å². The number of halogens is 1. The van der Waals surface area contributed by atoms with Crippen LogP contribution in [0.15, 0.2) is 28.7 Å². The van der Waals surface area contributed by atoms with Crippen LogP contribution in [-0.2, 0) is 6.54 Å². The molecule has 1 N–H and O–H groups in total. The summed E-state index contributed by atoms with van der Waals surface area (Å²) in [6.07, 6.45) is 1.74. The molecule has 0 radical (unpaired) electrons. The van der Waals surface area contributed by atoms with Crippen molar-refractivity contribution in [3.05, 3.63) is 34.3 Å². The van der Waals surface area contributed by atoms with Crippen molar-refractivity contribution < 1.29 is 5.11 Å². The average Bonchev–Trinajstić information content (AvgIpc) is 2.22. The molecule has 1 heterocycles. The quantitative estimate of drug-likeness (QED) is 0.892. The summed E-state index contributed by atoms with van der Waals surface area (Å²) in [5, 5.41) is 9.40.